The number of carboxylic acids is 1. The van der Waals surface area contributed by atoms with Crippen LogP contribution in [0.15, 0.2) is 36.9 Å². The zero-order valence-corrected chi connectivity index (χ0v) is 11.7. The predicted molar refractivity (Wildman–Crippen MR) is 74.9 cm³/mol. The lowest BCUT2D eigenvalue weighted by molar-refractivity contribution is -0.143. The Morgan fingerprint density at radius 1 is 1.17 bits per heavy atom. The Labute approximate surface area is 109 Å². The number of carbonyl (C=O) groups is 1. The quantitative estimate of drug-likeness (QED) is 0.818. The van der Waals surface area contributed by atoms with E-state index in [1.807, 2.05) is 24.3 Å². The van der Waals surface area contributed by atoms with Gasteiger partial charge in [-0.15, -0.1) is 6.58 Å². The zero-order valence-electron chi connectivity index (χ0n) is 11.7. The summed E-state index contributed by atoms with van der Waals surface area (Å²) in [4.78, 5) is 11.4. The van der Waals surface area contributed by atoms with Crippen molar-refractivity contribution >= 4 is 5.97 Å². The highest BCUT2D eigenvalue weighted by molar-refractivity contribution is 5.81. The molecular formula is C16H22O2. The summed E-state index contributed by atoms with van der Waals surface area (Å²) in [5, 5.41) is 9.40. The van der Waals surface area contributed by atoms with Gasteiger partial charge in [0.2, 0.25) is 0 Å². The standard InChI is InChI=1S/C16H22O2/c1-6-11-16(5,14(17)18)13-9-7-12(8-10-13)15(2,3)4/h6-10H,1,11H2,2-5H3,(H,17,18). The molecule has 0 radical (unpaired) electrons. The zero-order chi connectivity index (χ0) is 14.0. The van der Waals surface area contributed by atoms with Crippen LogP contribution in [-0.4, -0.2) is 11.1 Å². The summed E-state index contributed by atoms with van der Waals surface area (Å²) < 4.78 is 0. The smallest absolute Gasteiger partial charge is 0.314 e. The molecule has 1 aromatic carbocycles. The highest BCUT2D eigenvalue weighted by Gasteiger charge is 2.33. The third-order valence-corrected chi connectivity index (χ3v) is 3.41. The van der Waals surface area contributed by atoms with Crippen LogP contribution in [0.25, 0.3) is 0 Å². The van der Waals surface area contributed by atoms with Gasteiger partial charge in [-0.05, 0) is 29.9 Å². The molecule has 1 rings (SSSR count). The van der Waals surface area contributed by atoms with Crippen molar-refractivity contribution in [3.8, 4) is 0 Å². The van der Waals surface area contributed by atoms with Gasteiger partial charge in [-0.2, -0.15) is 0 Å². The van der Waals surface area contributed by atoms with E-state index in [4.69, 9.17) is 0 Å². The van der Waals surface area contributed by atoms with Crippen LogP contribution in [0.3, 0.4) is 0 Å². The van der Waals surface area contributed by atoms with Gasteiger partial charge in [0.15, 0.2) is 0 Å². The normalized spacial score (nSPS) is 14.9. The highest BCUT2D eigenvalue weighted by Crippen LogP contribution is 2.30. The second kappa shape index (κ2) is 4.97. The number of aliphatic carboxylic acids is 1. The van der Waals surface area contributed by atoms with Crippen molar-refractivity contribution in [1.82, 2.24) is 0 Å². The van der Waals surface area contributed by atoms with Crippen LogP contribution in [-0.2, 0) is 15.6 Å². The molecule has 1 unspecified atom stereocenters. The number of hydrogen-bond donors (Lipinski definition) is 1. The van der Waals surface area contributed by atoms with E-state index in [2.05, 4.69) is 27.4 Å². The molecule has 18 heavy (non-hydrogen) atoms. The van der Waals surface area contributed by atoms with Crippen molar-refractivity contribution in [2.45, 2.75) is 44.9 Å². The topological polar surface area (TPSA) is 37.3 Å². The fourth-order valence-corrected chi connectivity index (χ4v) is 1.96. The highest BCUT2D eigenvalue weighted by atomic mass is 16.4. The van der Waals surface area contributed by atoms with E-state index in [1.165, 1.54) is 5.56 Å². The molecule has 0 aliphatic rings. The molecule has 0 saturated heterocycles. The van der Waals surface area contributed by atoms with Gasteiger partial charge in [-0.1, -0.05) is 51.1 Å². The van der Waals surface area contributed by atoms with Crippen molar-refractivity contribution in [1.29, 1.82) is 0 Å². The largest absolute Gasteiger partial charge is 0.481 e. The number of hydrogen-bond acceptors (Lipinski definition) is 1. The molecular weight excluding hydrogens is 224 g/mol. The van der Waals surface area contributed by atoms with Crippen LogP contribution in [0.5, 0.6) is 0 Å². The fraction of sp³-hybridized carbons (Fsp3) is 0.438. The van der Waals surface area contributed by atoms with Crippen molar-refractivity contribution in [3.63, 3.8) is 0 Å². The lowest BCUT2D eigenvalue weighted by Gasteiger charge is -2.25. The summed E-state index contributed by atoms with van der Waals surface area (Å²) in [7, 11) is 0. The second-order valence-corrected chi connectivity index (χ2v) is 5.96. The van der Waals surface area contributed by atoms with Gasteiger partial charge in [0.25, 0.3) is 0 Å². The molecule has 1 aromatic rings. The van der Waals surface area contributed by atoms with Crippen LogP contribution in [0.4, 0.5) is 0 Å². The monoisotopic (exact) mass is 246 g/mol. The van der Waals surface area contributed by atoms with E-state index in [9.17, 15) is 9.90 Å². The van der Waals surface area contributed by atoms with Gasteiger partial charge in [0.1, 0.15) is 0 Å². The first-order valence-electron chi connectivity index (χ1n) is 6.17. The lowest BCUT2D eigenvalue weighted by Crippen LogP contribution is -2.31. The first-order chi connectivity index (χ1) is 8.21. The minimum Gasteiger partial charge on any atom is -0.481 e. The molecule has 0 aliphatic heterocycles. The molecule has 0 aromatic heterocycles. The average Bonchev–Trinajstić information content (AvgIpc) is 2.28. The molecule has 0 bridgehead atoms. The summed E-state index contributed by atoms with van der Waals surface area (Å²) in [6.45, 7) is 11.8. The number of rotatable bonds is 4. The predicted octanol–water partition coefficient (Wildman–Crippen LogP) is 3.90. The Morgan fingerprint density at radius 3 is 1.94 bits per heavy atom. The van der Waals surface area contributed by atoms with E-state index >= 15 is 0 Å². The molecule has 2 heteroatoms. The third-order valence-electron chi connectivity index (χ3n) is 3.41. The minimum atomic E-state index is -0.891. The first kappa shape index (κ1) is 14.5. The first-order valence-corrected chi connectivity index (χ1v) is 6.17. The van der Waals surface area contributed by atoms with Gasteiger partial charge in [-0.3, -0.25) is 4.79 Å². The Hall–Kier alpha value is -1.57. The summed E-state index contributed by atoms with van der Waals surface area (Å²) in [5.41, 5.74) is 1.22. The summed E-state index contributed by atoms with van der Waals surface area (Å²) in [5.74, 6) is -0.814. The maximum Gasteiger partial charge on any atom is 0.314 e. The lowest BCUT2D eigenvalue weighted by atomic mass is 9.78. The molecule has 98 valence electrons. The molecule has 0 spiro atoms. The maximum atomic E-state index is 11.4. The van der Waals surface area contributed by atoms with Gasteiger partial charge in [-0.25, -0.2) is 0 Å². The molecule has 0 amide bonds. The number of benzene rings is 1. The van der Waals surface area contributed by atoms with Crippen LogP contribution in [0.2, 0.25) is 0 Å². The molecule has 0 heterocycles. The van der Waals surface area contributed by atoms with Gasteiger partial charge in [0, 0.05) is 0 Å². The number of carboxylic acid groups (broad SMARTS) is 1. The van der Waals surface area contributed by atoms with Gasteiger partial charge in [0.05, 0.1) is 5.41 Å². The SMILES string of the molecule is C=CCC(C)(C(=O)O)c1ccc(C(C)(C)C)cc1. The fourth-order valence-electron chi connectivity index (χ4n) is 1.96. The van der Waals surface area contributed by atoms with Crippen LogP contribution in [0.1, 0.15) is 45.2 Å². The molecule has 1 N–H and O–H groups in total. The Balaban J connectivity index is 3.17. The average molecular weight is 246 g/mol. The minimum absolute atomic E-state index is 0.0800. The Bertz CT molecular complexity index is 437. The molecule has 0 saturated carbocycles. The second-order valence-electron chi connectivity index (χ2n) is 5.96. The van der Waals surface area contributed by atoms with E-state index in [0.717, 1.165) is 5.56 Å². The van der Waals surface area contributed by atoms with E-state index < -0.39 is 11.4 Å². The van der Waals surface area contributed by atoms with Crippen molar-refractivity contribution in [3.05, 3.63) is 48.0 Å². The van der Waals surface area contributed by atoms with Crippen LogP contribution in [0, 0.1) is 0 Å². The summed E-state index contributed by atoms with van der Waals surface area (Å²) >= 11 is 0. The van der Waals surface area contributed by atoms with Gasteiger partial charge < -0.3 is 5.11 Å². The Kier molecular flexibility index (Phi) is 4.00. The maximum absolute atomic E-state index is 11.4. The molecule has 0 aliphatic carbocycles. The molecule has 2 nitrogen and oxygen atoms in total. The van der Waals surface area contributed by atoms with Crippen molar-refractivity contribution in [2.75, 3.05) is 0 Å². The van der Waals surface area contributed by atoms with Crippen LogP contribution < -0.4 is 0 Å². The molecule has 1 atom stereocenters. The Morgan fingerprint density at radius 2 is 1.61 bits per heavy atom. The van der Waals surface area contributed by atoms with Gasteiger partial charge >= 0.3 is 5.97 Å². The van der Waals surface area contributed by atoms with E-state index in [1.54, 1.807) is 13.0 Å². The van der Waals surface area contributed by atoms with E-state index in [0.29, 0.717) is 6.42 Å². The number of allylic oxidation sites excluding steroid dienone is 1. The third kappa shape index (κ3) is 2.81. The van der Waals surface area contributed by atoms with Crippen LogP contribution >= 0.6 is 0 Å². The summed E-state index contributed by atoms with van der Waals surface area (Å²) in [6, 6.07) is 7.86. The van der Waals surface area contributed by atoms with E-state index in [-0.39, 0.29) is 5.41 Å². The molecule has 0 fully saturated rings. The van der Waals surface area contributed by atoms with Crippen molar-refractivity contribution < 1.29 is 9.90 Å². The van der Waals surface area contributed by atoms with Crippen molar-refractivity contribution in [2.24, 2.45) is 0 Å². The summed E-state index contributed by atoms with van der Waals surface area (Å²) in [6.07, 6.45) is 2.09.